The van der Waals surface area contributed by atoms with Crippen molar-refractivity contribution in [1.82, 2.24) is 5.16 Å². The van der Waals surface area contributed by atoms with Crippen LogP contribution in [0.25, 0.3) is 0 Å². The smallest absolute Gasteiger partial charge is 0.231 e. The Labute approximate surface area is 176 Å². The summed E-state index contributed by atoms with van der Waals surface area (Å²) in [4.78, 5) is 13.1. The lowest BCUT2D eigenvalue weighted by Gasteiger charge is -2.08. The Balaban J connectivity index is 1.60. The Bertz CT molecular complexity index is 1210. The number of ketones is 1. The molecule has 3 aromatic rings. The number of Topliss-reactive ketones (excluding diaryl/α,β-unsaturated/α-hetero) is 1. The monoisotopic (exact) mass is 453 g/mol. The van der Waals surface area contributed by atoms with E-state index in [9.17, 15) is 13.2 Å². The minimum absolute atomic E-state index is 0.0315. The van der Waals surface area contributed by atoms with E-state index in [-0.39, 0.29) is 39.6 Å². The van der Waals surface area contributed by atoms with E-state index in [1.54, 1.807) is 18.4 Å². The van der Waals surface area contributed by atoms with Crippen LogP contribution in [0.1, 0.15) is 32.3 Å². The van der Waals surface area contributed by atoms with Crippen molar-refractivity contribution in [2.24, 2.45) is 0 Å². The SMILES string of the molecule is Cc1cc2c(cc1CC(=O)c1sccc1S(=O)(=O)Cc1onc(C)c1Cl)OCO2. The summed E-state index contributed by atoms with van der Waals surface area (Å²) < 4.78 is 41.5. The van der Waals surface area contributed by atoms with E-state index >= 15 is 0 Å². The van der Waals surface area contributed by atoms with Crippen molar-refractivity contribution in [2.45, 2.75) is 30.9 Å². The summed E-state index contributed by atoms with van der Waals surface area (Å²) in [6.45, 7) is 3.63. The molecule has 0 fully saturated rings. The second-order valence-corrected chi connectivity index (χ2v) is 9.86. The maximum Gasteiger partial charge on any atom is 0.231 e. The summed E-state index contributed by atoms with van der Waals surface area (Å²) in [7, 11) is -3.84. The number of ether oxygens (including phenoxy) is 2. The van der Waals surface area contributed by atoms with E-state index in [0.717, 1.165) is 22.5 Å². The van der Waals surface area contributed by atoms with Crippen molar-refractivity contribution in [3.8, 4) is 11.5 Å². The molecule has 0 N–H and O–H groups in total. The van der Waals surface area contributed by atoms with Gasteiger partial charge in [0.25, 0.3) is 0 Å². The Hall–Kier alpha value is -2.36. The second-order valence-electron chi connectivity index (χ2n) is 6.61. The highest BCUT2D eigenvalue weighted by molar-refractivity contribution is 7.90. The number of fused-ring (bicyclic) bond motifs is 1. The summed E-state index contributed by atoms with van der Waals surface area (Å²) in [5.74, 6) is 0.512. The van der Waals surface area contributed by atoms with Crippen molar-refractivity contribution in [1.29, 1.82) is 0 Å². The second kappa shape index (κ2) is 7.47. The molecular formula is C19H16ClNO6S2. The molecule has 0 amide bonds. The Morgan fingerprint density at radius 2 is 1.97 bits per heavy atom. The number of thiophene rings is 1. The molecule has 3 heterocycles. The van der Waals surface area contributed by atoms with Crippen LogP contribution in [0.4, 0.5) is 0 Å². The highest BCUT2D eigenvalue weighted by atomic mass is 35.5. The molecule has 10 heteroatoms. The predicted octanol–water partition coefficient (Wildman–Crippen LogP) is 4.13. The third-order valence-electron chi connectivity index (χ3n) is 4.58. The summed E-state index contributed by atoms with van der Waals surface area (Å²) in [5, 5.41) is 5.43. The van der Waals surface area contributed by atoms with Crippen molar-refractivity contribution in [3.63, 3.8) is 0 Å². The molecule has 2 aromatic heterocycles. The van der Waals surface area contributed by atoms with E-state index in [1.807, 2.05) is 13.0 Å². The number of benzene rings is 1. The molecule has 29 heavy (non-hydrogen) atoms. The normalized spacial score (nSPS) is 13.1. The van der Waals surface area contributed by atoms with E-state index in [2.05, 4.69) is 5.16 Å². The van der Waals surface area contributed by atoms with Crippen LogP contribution < -0.4 is 9.47 Å². The molecule has 0 saturated heterocycles. The molecular weight excluding hydrogens is 438 g/mol. The highest BCUT2D eigenvalue weighted by Gasteiger charge is 2.28. The zero-order valence-corrected chi connectivity index (χ0v) is 17.9. The third kappa shape index (κ3) is 3.77. The molecule has 0 atom stereocenters. The van der Waals surface area contributed by atoms with E-state index in [4.69, 9.17) is 25.6 Å². The van der Waals surface area contributed by atoms with Gasteiger partial charge in [0.2, 0.25) is 6.79 Å². The molecule has 1 aliphatic heterocycles. The molecule has 7 nitrogen and oxygen atoms in total. The van der Waals surface area contributed by atoms with Crippen molar-refractivity contribution in [2.75, 3.05) is 6.79 Å². The number of carbonyl (C=O) groups is 1. The summed E-state index contributed by atoms with van der Waals surface area (Å²) in [6, 6.07) is 5.00. The van der Waals surface area contributed by atoms with Gasteiger partial charge >= 0.3 is 0 Å². The minimum atomic E-state index is -3.84. The number of hydrogen-bond acceptors (Lipinski definition) is 8. The van der Waals surface area contributed by atoms with Crippen molar-refractivity contribution >= 4 is 38.6 Å². The fourth-order valence-corrected chi connectivity index (χ4v) is 5.94. The lowest BCUT2D eigenvalue weighted by Crippen LogP contribution is -2.11. The first-order valence-corrected chi connectivity index (χ1v) is 11.5. The fraction of sp³-hybridized carbons (Fsp3) is 0.263. The van der Waals surface area contributed by atoms with Gasteiger partial charge in [-0.1, -0.05) is 16.8 Å². The summed E-state index contributed by atoms with van der Waals surface area (Å²) in [6.07, 6.45) is 0.0493. The van der Waals surface area contributed by atoms with Crippen LogP contribution in [-0.4, -0.2) is 26.2 Å². The molecule has 0 saturated carbocycles. The maximum atomic E-state index is 12.9. The van der Waals surface area contributed by atoms with Gasteiger partial charge in [-0.3, -0.25) is 4.79 Å². The molecule has 0 bridgehead atoms. The number of nitrogens with zero attached hydrogens (tertiary/aromatic N) is 1. The first-order chi connectivity index (χ1) is 13.8. The maximum absolute atomic E-state index is 12.9. The number of rotatable bonds is 6. The van der Waals surface area contributed by atoms with Gasteiger partial charge in [-0.25, -0.2) is 8.42 Å². The van der Waals surface area contributed by atoms with Gasteiger partial charge in [0.05, 0.1) is 15.5 Å². The van der Waals surface area contributed by atoms with Crippen LogP contribution in [0.3, 0.4) is 0 Å². The van der Waals surface area contributed by atoms with Crippen molar-refractivity contribution in [3.05, 3.63) is 56.1 Å². The predicted molar refractivity (Wildman–Crippen MR) is 107 cm³/mol. The van der Waals surface area contributed by atoms with E-state index in [1.165, 1.54) is 6.07 Å². The molecule has 1 aromatic carbocycles. The molecule has 1 aliphatic rings. The number of sulfone groups is 1. The zero-order valence-electron chi connectivity index (χ0n) is 15.5. The van der Waals surface area contributed by atoms with Crippen molar-refractivity contribution < 1.29 is 27.2 Å². The Morgan fingerprint density at radius 3 is 2.66 bits per heavy atom. The van der Waals surface area contributed by atoms with Crippen LogP contribution in [0.2, 0.25) is 5.02 Å². The number of halogens is 1. The number of hydrogen-bond donors (Lipinski definition) is 0. The number of aryl methyl sites for hydroxylation is 2. The molecule has 4 rings (SSSR count). The van der Waals surface area contributed by atoms with Gasteiger partial charge in [-0.15, -0.1) is 11.3 Å². The third-order valence-corrected chi connectivity index (χ3v) is 7.80. The number of aromatic nitrogens is 1. The summed E-state index contributed by atoms with van der Waals surface area (Å²) in [5.41, 5.74) is 2.04. The van der Waals surface area contributed by atoms with Gasteiger partial charge in [0.1, 0.15) is 10.8 Å². The lowest BCUT2D eigenvalue weighted by atomic mass is 10.0. The minimum Gasteiger partial charge on any atom is -0.454 e. The van der Waals surface area contributed by atoms with Crippen LogP contribution in [0.15, 0.2) is 33.0 Å². The average molecular weight is 454 g/mol. The van der Waals surface area contributed by atoms with Gasteiger partial charge in [0, 0.05) is 6.42 Å². The molecule has 0 aliphatic carbocycles. The molecule has 0 radical (unpaired) electrons. The first-order valence-electron chi connectivity index (χ1n) is 8.59. The van der Waals surface area contributed by atoms with E-state index < -0.39 is 15.6 Å². The Kier molecular flexibility index (Phi) is 5.14. The molecule has 0 unspecified atom stereocenters. The average Bonchev–Trinajstić information content (AvgIpc) is 3.39. The topological polar surface area (TPSA) is 95.7 Å². The number of carbonyl (C=O) groups excluding carboxylic acids is 1. The first kappa shape index (κ1) is 19.9. The Morgan fingerprint density at radius 1 is 1.24 bits per heavy atom. The van der Waals surface area contributed by atoms with Crippen LogP contribution >= 0.6 is 22.9 Å². The van der Waals surface area contributed by atoms with Crippen LogP contribution in [0.5, 0.6) is 11.5 Å². The van der Waals surface area contributed by atoms with E-state index in [0.29, 0.717) is 17.2 Å². The largest absolute Gasteiger partial charge is 0.454 e. The van der Waals surface area contributed by atoms with Gasteiger partial charge in [-0.2, -0.15) is 0 Å². The summed E-state index contributed by atoms with van der Waals surface area (Å²) >= 11 is 7.13. The zero-order chi connectivity index (χ0) is 20.8. The molecule has 152 valence electrons. The molecule has 0 spiro atoms. The van der Waals surface area contributed by atoms with Gasteiger partial charge < -0.3 is 14.0 Å². The van der Waals surface area contributed by atoms with Crippen LogP contribution in [0, 0.1) is 13.8 Å². The quantitative estimate of drug-likeness (QED) is 0.517. The van der Waals surface area contributed by atoms with Crippen LogP contribution in [-0.2, 0) is 22.0 Å². The lowest BCUT2D eigenvalue weighted by molar-refractivity contribution is 0.0993. The van der Waals surface area contributed by atoms with Gasteiger partial charge in [-0.05, 0) is 48.6 Å². The highest BCUT2D eigenvalue weighted by Crippen LogP contribution is 2.36. The standard InChI is InChI=1S/C19H16ClNO6S2/c1-10-5-14-15(26-9-25-14)7-12(10)6-13(22)19-17(3-4-28-19)29(23,24)8-16-18(20)11(2)21-27-16/h3-5,7H,6,8-9H2,1-2H3. The van der Waals surface area contributed by atoms with Gasteiger partial charge in [0.15, 0.2) is 32.9 Å². The fourth-order valence-electron chi connectivity index (χ4n) is 3.02.